The van der Waals surface area contributed by atoms with Crippen molar-refractivity contribution < 1.29 is 19.0 Å². The molecule has 0 bridgehead atoms. The lowest BCUT2D eigenvalue weighted by Gasteiger charge is -2.21. The Hall–Kier alpha value is -4.50. The molecule has 5 rings (SSSR count). The van der Waals surface area contributed by atoms with E-state index in [1.807, 2.05) is 31.1 Å². The number of halogens is 1. The second-order valence-corrected chi connectivity index (χ2v) is 8.62. The number of likely N-dealkylation sites (N-methyl/N-ethyl adjacent to an activating group) is 1. The zero-order chi connectivity index (χ0) is 25.4. The lowest BCUT2D eigenvalue weighted by Crippen LogP contribution is -2.32. The average Bonchev–Trinajstić information content (AvgIpc) is 3.60. The van der Waals surface area contributed by atoms with Gasteiger partial charge in [0.25, 0.3) is 0 Å². The fourth-order valence-electron chi connectivity index (χ4n) is 4.30. The number of benzene rings is 1. The Bertz CT molecular complexity index is 1500. The molecular formula is C24H23FN8O3. The van der Waals surface area contributed by atoms with Gasteiger partial charge < -0.3 is 14.7 Å². The van der Waals surface area contributed by atoms with Gasteiger partial charge in [0, 0.05) is 36.5 Å². The number of amides is 1. The number of hydrogen-bond acceptors (Lipinski definition) is 7. The molecule has 0 unspecified atom stereocenters. The maximum Gasteiger partial charge on any atom is 0.414 e. The molecule has 0 saturated carbocycles. The zero-order valence-corrected chi connectivity index (χ0v) is 19.7. The Labute approximate surface area is 205 Å². The van der Waals surface area contributed by atoms with Crippen LogP contribution < -0.4 is 9.64 Å². The van der Waals surface area contributed by atoms with Gasteiger partial charge in [0.05, 0.1) is 37.2 Å². The number of aromatic nitrogens is 5. The minimum absolute atomic E-state index is 0.00877. The summed E-state index contributed by atoms with van der Waals surface area (Å²) in [5, 5.41) is 24.0. The molecule has 0 spiro atoms. The fraction of sp³-hybridized carbons (Fsp3) is 0.292. The lowest BCUT2D eigenvalue weighted by molar-refractivity contribution is 0.201. The first-order valence-corrected chi connectivity index (χ1v) is 11.3. The minimum atomic E-state index is -1.32. The number of nitriles is 1. The van der Waals surface area contributed by atoms with Crippen molar-refractivity contribution in [2.24, 2.45) is 0 Å². The molecule has 0 radical (unpaired) electrons. The van der Waals surface area contributed by atoms with E-state index < -0.39 is 11.9 Å². The van der Waals surface area contributed by atoms with Gasteiger partial charge in [-0.1, -0.05) is 0 Å². The van der Waals surface area contributed by atoms with Crippen molar-refractivity contribution in [3.63, 3.8) is 0 Å². The van der Waals surface area contributed by atoms with Crippen LogP contribution in [-0.2, 0) is 19.5 Å². The number of ether oxygens (including phenoxy) is 1. The monoisotopic (exact) mass is 490 g/mol. The third-order valence-corrected chi connectivity index (χ3v) is 6.07. The number of nitrogens with zero attached hydrogens (tertiary/aromatic N) is 8. The molecule has 1 aromatic carbocycles. The molecule has 11 nitrogen and oxygen atoms in total. The Kier molecular flexibility index (Phi) is 5.99. The summed E-state index contributed by atoms with van der Waals surface area (Å²) in [6.07, 6.45) is 3.75. The smallest absolute Gasteiger partial charge is 0.414 e. The largest absolute Gasteiger partial charge is 0.493 e. The third kappa shape index (κ3) is 4.09. The molecule has 0 saturated heterocycles. The fourth-order valence-corrected chi connectivity index (χ4v) is 4.30. The summed E-state index contributed by atoms with van der Waals surface area (Å²) in [4.78, 5) is 24.2. The summed E-state index contributed by atoms with van der Waals surface area (Å²) < 4.78 is 23.6. The van der Waals surface area contributed by atoms with Gasteiger partial charge in [-0.05, 0) is 32.3 Å². The van der Waals surface area contributed by atoms with Crippen LogP contribution in [0.25, 0.3) is 16.9 Å². The summed E-state index contributed by atoms with van der Waals surface area (Å²) in [6.45, 7) is 1.48. The second kappa shape index (κ2) is 9.27. The van der Waals surface area contributed by atoms with Gasteiger partial charge in [-0.2, -0.15) is 10.4 Å². The van der Waals surface area contributed by atoms with Crippen molar-refractivity contribution in [2.45, 2.75) is 19.5 Å². The molecule has 1 aliphatic heterocycles. The molecule has 4 heterocycles. The van der Waals surface area contributed by atoms with Crippen LogP contribution in [-0.4, -0.2) is 67.5 Å². The molecule has 0 aliphatic carbocycles. The molecule has 4 aromatic rings. The number of carboxylic acid groups (broad SMARTS) is 1. The maximum atomic E-state index is 14.8. The number of imidazole rings is 1. The highest BCUT2D eigenvalue weighted by molar-refractivity contribution is 5.86. The average molecular weight is 490 g/mol. The maximum absolute atomic E-state index is 14.8. The molecular weight excluding hydrogens is 467 g/mol. The molecule has 3 aromatic heterocycles. The van der Waals surface area contributed by atoms with Crippen molar-refractivity contribution in [3.8, 4) is 23.1 Å². The van der Waals surface area contributed by atoms with E-state index in [9.17, 15) is 19.6 Å². The summed E-state index contributed by atoms with van der Waals surface area (Å²) in [6, 6.07) is 6.63. The number of hydrogen-bond donors (Lipinski definition) is 1. The van der Waals surface area contributed by atoms with Crippen LogP contribution in [0.2, 0.25) is 0 Å². The quantitative estimate of drug-likeness (QED) is 0.419. The van der Waals surface area contributed by atoms with Crippen molar-refractivity contribution in [3.05, 3.63) is 59.4 Å². The molecule has 0 atom stereocenters. The zero-order valence-electron chi connectivity index (χ0n) is 19.7. The van der Waals surface area contributed by atoms with Crippen molar-refractivity contribution in [2.75, 3.05) is 32.1 Å². The topological polar surface area (TPSA) is 125 Å². The number of carbonyl (C=O) groups is 1. The van der Waals surface area contributed by atoms with E-state index >= 15 is 0 Å². The van der Waals surface area contributed by atoms with Crippen LogP contribution >= 0.6 is 0 Å². The van der Waals surface area contributed by atoms with E-state index in [1.54, 1.807) is 16.9 Å². The molecule has 36 heavy (non-hydrogen) atoms. The highest BCUT2D eigenvalue weighted by Gasteiger charge is 2.27. The predicted molar refractivity (Wildman–Crippen MR) is 127 cm³/mol. The number of fused-ring (bicyclic) bond motifs is 2. The number of anilines is 1. The van der Waals surface area contributed by atoms with E-state index in [0.717, 1.165) is 17.1 Å². The lowest BCUT2D eigenvalue weighted by atomic mass is 10.0. The van der Waals surface area contributed by atoms with Gasteiger partial charge >= 0.3 is 6.09 Å². The van der Waals surface area contributed by atoms with Crippen LogP contribution in [0.1, 0.15) is 16.8 Å². The summed E-state index contributed by atoms with van der Waals surface area (Å²) in [7, 11) is 3.92. The standard InChI is InChI=1S/C24H23FN8O3/c1-30(2)8-9-33-20(5-7-28-33)17-12-27-23(31-13-15(11-26)29-22(17)31)32(24(34)35)14-18-16-6-10-36-21(16)4-3-19(18)25/h3-5,7,12-13H,6,8-10,14H2,1-2H3,(H,34,35). The van der Waals surface area contributed by atoms with Crippen LogP contribution in [0.4, 0.5) is 15.1 Å². The van der Waals surface area contributed by atoms with Gasteiger partial charge in [-0.25, -0.2) is 24.1 Å². The highest BCUT2D eigenvalue weighted by atomic mass is 19.1. The van der Waals surface area contributed by atoms with E-state index in [-0.39, 0.29) is 23.8 Å². The first-order valence-electron chi connectivity index (χ1n) is 11.3. The van der Waals surface area contributed by atoms with E-state index in [0.29, 0.717) is 42.1 Å². The van der Waals surface area contributed by atoms with Crippen LogP contribution in [0, 0.1) is 17.1 Å². The Morgan fingerprint density at radius 2 is 2.17 bits per heavy atom. The first kappa shape index (κ1) is 23.3. The summed E-state index contributed by atoms with van der Waals surface area (Å²) in [5.41, 5.74) is 2.62. The molecule has 1 aliphatic rings. The Balaban J connectivity index is 1.61. The number of rotatable bonds is 7. The third-order valence-electron chi connectivity index (χ3n) is 6.07. The van der Waals surface area contributed by atoms with Crippen molar-refractivity contribution in [1.82, 2.24) is 29.0 Å². The first-order chi connectivity index (χ1) is 17.4. The Morgan fingerprint density at radius 1 is 1.33 bits per heavy atom. The minimum Gasteiger partial charge on any atom is -0.493 e. The van der Waals surface area contributed by atoms with Crippen molar-refractivity contribution in [1.29, 1.82) is 5.26 Å². The molecule has 0 fully saturated rings. The summed E-state index contributed by atoms with van der Waals surface area (Å²) in [5.74, 6) is 0.0163. The predicted octanol–water partition coefficient (Wildman–Crippen LogP) is 2.78. The summed E-state index contributed by atoms with van der Waals surface area (Å²) >= 11 is 0. The van der Waals surface area contributed by atoms with Crippen LogP contribution in [0.3, 0.4) is 0 Å². The highest BCUT2D eigenvalue weighted by Crippen LogP contribution is 2.33. The second-order valence-electron chi connectivity index (χ2n) is 8.62. The van der Waals surface area contributed by atoms with Crippen LogP contribution in [0.15, 0.2) is 36.8 Å². The molecule has 1 N–H and O–H groups in total. The SMILES string of the molecule is CN(C)CCn1nccc1-c1cnc(N(Cc2c(F)ccc3c2CCO3)C(=O)O)n2cc(C#N)nc12. The molecule has 12 heteroatoms. The molecule has 1 amide bonds. The van der Waals surface area contributed by atoms with E-state index in [4.69, 9.17) is 4.74 Å². The van der Waals surface area contributed by atoms with Crippen molar-refractivity contribution >= 4 is 17.7 Å². The van der Waals surface area contributed by atoms with Gasteiger partial charge in [-0.15, -0.1) is 0 Å². The van der Waals surface area contributed by atoms with Gasteiger partial charge in [0.1, 0.15) is 17.6 Å². The normalized spacial score (nSPS) is 12.5. The van der Waals surface area contributed by atoms with Gasteiger partial charge in [0.15, 0.2) is 11.3 Å². The van der Waals surface area contributed by atoms with E-state index in [1.165, 1.54) is 22.9 Å². The Morgan fingerprint density at radius 3 is 2.92 bits per heavy atom. The van der Waals surface area contributed by atoms with Gasteiger partial charge in [0.2, 0.25) is 5.95 Å². The van der Waals surface area contributed by atoms with Crippen LogP contribution in [0.5, 0.6) is 5.75 Å². The van der Waals surface area contributed by atoms with Gasteiger partial charge in [-0.3, -0.25) is 9.08 Å². The molecule has 184 valence electrons. The van der Waals surface area contributed by atoms with E-state index in [2.05, 4.69) is 15.1 Å².